The summed E-state index contributed by atoms with van der Waals surface area (Å²) in [6.07, 6.45) is -4.58. The molecule has 0 fully saturated rings. The number of rotatable bonds is 6. The molecule has 0 bridgehead atoms. The second kappa shape index (κ2) is 9.41. The Labute approximate surface area is 189 Å². The Balaban J connectivity index is 1.72. The molecule has 178 valence electrons. The highest BCUT2D eigenvalue weighted by Crippen LogP contribution is 2.31. The molecule has 2 N–H and O–H groups in total. The summed E-state index contributed by atoms with van der Waals surface area (Å²) in [6, 6.07) is 6.96. The van der Waals surface area contributed by atoms with Crippen molar-refractivity contribution < 1.29 is 36.3 Å². The zero-order valence-electron chi connectivity index (χ0n) is 17.8. The van der Waals surface area contributed by atoms with Gasteiger partial charge in [-0.3, -0.25) is 14.4 Å². The fraction of sp³-hybridized carbons (Fsp3) is 0.182. The molecule has 7 nitrogen and oxygen atoms in total. The number of benzene rings is 2. The molecule has 2 amide bonds. The van der Waals surface area contributed by atoms with Crippen LogP contribution in [0.15, 0.2) is 42.5 Å². The van der Waals surface area contributed by atoms with Gasteiger partial charge in [-0.1, -0.05) is 6.07 Å². The number of hydrogen-bond donors (Lipinski definition) is 2. The topological polar surface area (TPSA) is 93.1 Å². The molecule has 0 unspecified atom stereocenters. The first kappa shape index (κ1) is 24.6. The van der Waals surface area contributed by atoms with Crippen LogP contribution < -0.4 is 10.6 Å². The molecule has 0 radical (unpaired) electrons. The molecule has 34 heavy (non-hydrogen) atoms. The van der Waals surface area contributed by atoms with Gasteiger partial charge in [0, 0.05) is 11.8 Å². The Hall–Kier alpha value is -4.09. The van der Waals surface area contributed by atoms with E-state index >= 15 is 0 Å². The summed E-state index contributed by atoms with van der Waals surface area (Å²) in [6.45, 7) is 2.17. The van der Waals surface area contributed by atoms with Crippen molar-refractivity contribution in [3.8, 4) is 5.69 Å². The van der Waals surface area contributed by atoms with Crippen LogP contribution in [0.4, 0.5) is 27.6 Å². The van der Waals surface area contributed by atoms with Crippen molar-refractivity contribution in [3.63, 3.8) is 0 Å². The van der Waals surface area contributed by atoms with Crippen LogP contribution in [0.3, 0.4) is 0 Å². The number of halogens is 5. The second-order valence-electron chi connectivity index (χ2n) is 7.19. The monoisotopic (exact) mass is 480 g/mol. The van der Waals surface area contributed by atoms with Crippen molar-refractivity contribution in [3.05, 3.63) is 76.6 Å². The predicted octanol–water partition coefficient (Wildman–Crippen LogP) is 3.72. The molecular weight excluding hydrogens is 463 g/mol. The van der Waals surface area contributed by atoms with E-state index in [9.17, 15) is 36.3 Å². The lowest BCUT2D eigenvalue weighted by Gasteiger charge is -2.10. The molecule has 12 heteroatoms. The van der Waals surface area contributed by atoms with E-state index in [1.165, 1.54) is 26.0 Å². The van der Waals surface area contributed by atoms with Crippen molar-refractivity contribution in [1.29, 1.82) is 0 Å². The first-order valence-electron chi connectivity index (χ1n) is 9.69. The van der Waals surface area contributed by atoms with Gasteiger partial charge >= 0.3 is 6.18 Å². The van der Waals surface area contributed by atoms with Crippen LogP contribution in [-0.2, 0) is 15.8 Å². The number of hydrogen-bond acceptors (Lipinski definition) is 4. The molecule has 0 spiro atoms. The molecule has 0 saturated carbocycles. The number of aromatic nitrogens is 2. The van der Waals surface area contributed by atoms with E-state index in [4.69, 9.17) is 0 Å². The summed E-state index contributed by atoms with van der Waals surface area (Å²) < 4.78 is 66.3. The molecule has 0 aliphatic rings. The van der Waals surface area contributed by atoms with Crippen molar-refractivity contribution in [2.75, 3.05) is 11.9 Å². The second-order valence-corrected chi connectivity index (χ2v) is 7.19. The Morgan fingerprint density at radius 2 is 1.71 bits per heavy atom. The van der Waals surface area contributed by atoms with Crippen molar-refractivity contribution >= 4 is 23.3 Å². The van der Waals surface area contributed by atoms with Gasteiger partial charge in [0.25, 0.3) is 11.7 Å². The Morgan fingerprint density at radius 1 is 1.00 bits per heavy atom. The summed E-state index contributed by atoms with van der Waals surface area (Å²) in [5.41, 5.74) is -0.824. The number of nitrogens with one attached hydrogen (secondary N) is 2. The number of amides is 2. The molecule has 1 aromatic heterocycles. The first-order valence-corrected chi connectivity index (χ1v) is 9.69. The minimum Gasteiger partial charge on any atom is -0.340 e. The number of carbonyl (C=O) groups is 3. The highest BCUT2D eigenvalue weighted by Gasteiger charge is 2.31. The summed E-state index contributed by atoms with van der Waals surface area (Å²) in [7, 11) is 0. The van der Waals surface area contributed by atoms with Crippen LogP contribution in [0.2, 0.25) is 0 Å². The van der Waals surface area contributed by atoms with Crippen molar-refractivity contribution in [2.24, 2.45) is 0 Å². The number of ketones is 1. The Kier molecular flexibility index (Phi) is 6.80. The lowest BCUT2D eigenvalue weighted by atomic mass is 10.1. The average Bonchev–Trinajstić information content (AvgIpc) is 3.07. The molecular formula is C22H17F5N4O3. The van der Waals surface area contributed by atoms with Crippen LogP contribution in [0.1, 0.15) is 27.3 Å². The van der Waals surface area contributed by atoms with Gasteiger partial charge in [-0.2, -0.15) is 18.3 Å². The van der Waals surface area contributed by atoms with E-state index in [2.05, 4.69) is 15.7 Å². The third kappa shape index (κ3) is 5.27. The fourth-order valence-corrected chi connectivity index (χ4v) is 3.17. The van der Waals surface area contributed by atoms with Gasteiger partial charge in [-0.15, -0.1) is 0 Å². The van der Waals surface area contributed by atoms with Crippen molar-refractivity contribution in [1.82, 2.24) is 15.1 Å². The third-order valence-electron chi connectivity index (χ3n) is 4.76. The van der Waals surface area contributed by atoms with Crippen LogP contribution in [-0.4, -0.2) is 33.9 Å². The SMILES string of the molecule is Cc1nn(-c2cccc(C(F)(F)F)c2)c(C)c1C(=O)C(=O)NCC(=O)Nc1ccc(F)c(F)c1. The van der Waals surface area contributed by atoms with Crippen LogP contribution >= 0.6 is 0 Å². The number of carbonyl (C=O) groups excluding carboxylic acids is 3. The van der Waals surface area contributed by atoms with Gasteiger partial charge < -0.3 is 10.6 Å². The molecule has 0 atom stereocenters. The van der Waals surface area contributed by atoms with Gasteiger partial charge in [-0.05, 0) is 44.2 Å². The molecule has 3 rings (SSSR count). The number of alkyl halides is 3. The van der Waals surface area contributed by atoms with Gasteiger partial charge in [0.2, 0.25) is 5.91 Å². The minimum atomic E-state index is -4.58. The maximum absolute atomic E-state index is 13.2. The van der Waals surface area contributed by atoms with Gasteiger partial charge in [0.1, 0.15) is 0 Å². The maximum Gasteiger partial charge on any atom is 0.416 e. The molecule has 3 aromatic rings. The van der Waals surface area contributed by atoms with Crippen molar-refractivity contribution in [2.45, 2.75) is 20.0 Å². The highest BCUT2D eigenvalue weighted by molar-refractivity contribution is 6.43. The third-order valence-corrected chi connectivity index (χ3v) is 4.76. The Bertz CT molecular complexity index is 1280. The summed E-state index contributed by atoms with van der Waals surface area (Å²) in [4.78, 5) is 36.9. The van der Waals surface area contributed by atoms with Gasteiger partial charge in [0.05, 0.1) is 34.7 Å². The quantitative estimate of drug-likeness (QED) is 0.320. The molecule has 0 aliphatic heterocycles. The number of anilines is 1. The maximum atomic E-state index is 13.2. The number of nitrogens with zero attached hydrogens (tertiary/aromatic N) is 2. The molecule has 1 heterocycles. The minimum absolute atomic E-state index is 0.0424. The first-order chi connectivity index (χ1) is 15.9. The van der Waals surface area contributed by atoms with Crippen LogP contribution in [0.5, 0.6) is 0 Å². The predicted molar refractivity (Wildman–Crippen MR) is 110 cm³/mol. The lowest BCUT2D eigenvalue weighted by molar-refractivity contribution is -0.137. The summed E-state index contributed by atoms with van der Waals surface area (Å²) in [5.74, 6) is -5.29. The largest absolute Gasteiger partial charge is 0.416 e. The van der Waals surface area contributed by atoms with Gasteiger partial charge in [-0.25, -0.2) is 13.5 Å². The van der Waals surface area contributed by atoms with E-state index in [0.29, 0.717) is 0 Å². The van der Waals surface area contributed by atoms with E-state index < -0.39 is 47.5 Å². The standard InChI is InChI=1S/C22H17F5N4O3/c1-11-19(12(2)31(30-11)15-5-3-4-13(8-15)22(25,26)27)20(33)21(34)28-10-18(32)29-14-6-7-16(23)17(24)9-14/h3-9H,10H2,1-2H3,(H,28,34)(H,29,32). The lowest BCUT2D eigenvalue weighted by Crippen LogP contribution is -2.37. The molecule has 2 aromatic carbocycles. The van der Waals surface area contributed by atoms with E-state index in [-0.39, 0.29) is 28.3 Å². The molecule has 0 saturated heterocycles. The smallest absolute Gasteiger partial charge is 0.340 e. The van der Waals surface area contributed by atoms with E-state index in [0.717, 1.165) is 35.0 Å². The van der Waals surface area contributed by atoms with Crippen LogP contribution in [0, 0.1) is 25.5 Å². The Morgan fingerprint density at radius 3 is 2.35 bits per heavy atom. The molecule has 0 aliphatic carbocycles. The number of aryl methyl sites for hydroxylation is 1. The fourth-order valence-electron chi connectivity index (χ4n) is 3.17. The zero-order chi connectivity index (χ0) is 25.2. The zero-order valence-corrected chi connectivity index (χ0v) is 17.8. The van der Waals surface area contributed by atoms with Crippen LogP contribution in [0.25, 0.3) is 5.69 Å². The average molecular weight is 480 g/mol. The van der Waals surface area contributed by atoms with E-state index in [1.54, 1.807) is 0 Å². The normalized spacial score (nSPS) is 11.3. The highest BCUT2D eigenvalue weighted by atomic mass is 19.4. The van der Waals surface area contributed by atoms with E-state index in [1.807, 2.05) is 0 Å². The van der Waals surface area contributed by atoms with Gasteiger partial charge in [0.15, 0.2) is 11.6 Å². The number of Topliss-reactive ketones (excluding diaryl/α,β-unsaturated/α-hetero) is 1. The summed E-state index contributed by atoms with van der Waals surface area (Å²) >= 11 is 0. The summed E-state index contributed by atoms with van der Waals surface area (Å²) in [5, 5.41) is 8.41.